The third-order valence-electron chi connectivity index (χ3n) is 4.91. The predicted molar refractivity (Wildman–Crippen MR) is 109 cm³/mol. The second-order valence-electron chi connectivity index (χ2n) is 6.81. The number of imide groups is 1. The van der Waals surface area contributed by atoms with Crippen molar-refractivity contribution >= 4 is 34.9 Å². The highest BCUT2D eigenvalue weighted by molar-refractivity contribution is 8.18. The molecule has 2 fully saturated rings. The van der Waals surface area contributed by atoms with Gasteiger partial charge in [-0.1, -0.05) is 42.5 Å². The molecule has 1 atom stereocenters. The molecule has 2 saturated heterocycles. The highest BCUT2D eigenvalue weighted by Gasteiger charge is 2.38. The third-order valence-corrected chi connectivity index (χ3v) is 5.84. The number of nitrogens with zero attached hydrogens (tertiary/aromatic N) is 2. The van der Waals surface area contributed by atoms with Gasteiger partial charge in [-0.15, -0.1) is 0 Å². The molecule has 3 amide bonds. The molecule has 0 aromatic heterocycles. The van der Waals surface area contributed by atoms with Crippen LogP contribution in [0.5, 0.6) is 0 Å². The predicted octanol–water partition coefficient (Wildman–Crippen LogP) is 3.04. The Morgan fingerprint density at radius 2 is 2.00 bits per heavy atom. The van der Waals surface area contributed by atoms with Crippen molar-refractivity contribution in [2.75, 3.05) is 19.7 Å². The van der Waals surface area contributed by atoms with E-state index in [9.17, 15) is 19.5 Å². The molecule has 0 spiro atoms. The van der Waals surface area contributed by atoms with E-state index >= 15 is 0 Å². The SMILES string of the molecule is O=C1SC(=CC=Cc2ccccc2)C(=O)N1CC(=O)N1CCCCC1CCO. The average molecular weight is 401 g/mol. The first-order valence-corrected chi connectivity index (χ1v) is 10.3. The molecule has 28 heavy (non-hydrogen) atoms. The van der Waals surface area contributed by atoms with E-state index in [2.05, 4.69) is 0 Å². The number of aliphatic hydroxyl groups is 1. The average Bonchev–Trinajstić information content (AvgIpc) is 2.97. The summed E-state index contributed by atoms with van der Waals surface area (Å²) in [4.78, 5) is 40.5. The molecule has 2 aliphatic heterocycles. The number of allylic oxidation sites excluding steroid dienone is 2. The zero-order valence-electron chi connectivity index (χ0n) is 15.6. The number of benzene rings is 1. The summed E-state index contributed by atoms with van der Waals surface area (Å²) in [5.41, 5.74) is 0.994. The summed E-state index contributed by atoms with van der Waals surface area (Å²) < 4.78 is 0. The normalized spacial score (nSPS) is 21.9. The summed E-state index contributed by atoms with van der Waals surface area (Å²) >= 11 is 0.853. The van der Waals surface area contributed by atoms with Gasteiger partial charge in [-0.3, -0.25) is 19.3 Å². The van der Waals surface area contributed by atoms with Crippen LogP contribution in [0.4, 0.5) is 4.79 Å². The van der Waals surface area contributed by atoms with Crippen molar-refractivity contribution in [2.24, 2.45) is 0 Å². The molecular formula is C21H24N2O4S. The number of amides is 3. The first-order chi connectivity index (χ1) is 13.6. The lowest BCUT2D eigenvalue weighted by Gasteiger charge is -2.36. The van der Waals surface area contributed by atoms with Crippen LogP contribution < -0.4 is 0 Å². The van der Waals surface area contributed by atoms with Gasteiger partial charge < -0.3 is 10.0 Å². The van der Waals surface area contributed by atoms with Gasteiger partial charge in [0.1, 0.15) is 6.54 Å². The molecule has 0 saturated carbocycles. The number of hydrogen-bond acceptors (Lipinski definition) is 5. The summed E-state index contributed by atoms with van der Waals surface area (Å²) in [6.07, 6.45) is 8.49. The lowest BCUT2D eigenvalue weighted by molar-refractivity contribution is -0.139. The number of thioether (sulfide) groups is 1. The Morgan fingerprint density at radius 3 is 2.75 bits per heavy atom. The van der Waals surface area contributed by atoms with Gasteiger partial charge in [-0.25, -0.2) is 0 Å². The number of likely N-dealkylation sites (tertiary alicyclic amines) is 1. The summed E-state index contributed by atoms with van der Waals surface area (Å²) in [5.74, 6) is -0.668. The molecule has 2 aliphatic rings. The van der Waals surface area contributed by atoms with Crippen LogP contribution in [-0.4, -0.2) is 57.7 Å². The maximum absolute atomic E-state index is 12.7. The number of carbonyl (C=O) groups is 3. The van der Waals surface area contributed by atoms with E-state index in [-0.39, 0.29) is 25.1 Å². The fourth-order valence-electron chi connectivity index (χ4n) is 3.47. The smallest absolute Gasteiger partial charge is 0.294 e. The van der Waals surface area contributed by atoms with Gasteiger partial charge in [0.15, 0.2) is 0 Å². The maximum atomic E-state index is 12.7. The zero-order valence-corrected chi connectivity index (χ0v) is 16.4. The Hall–Kier alpha value is -2.38. The van der Waals surface area contributed by atoms with Crippen LogP contribution in [0.3, 0.4) is 0 Å². The van der Waals surface area contributed by atoms with E-state index < -0.39 is 11.1 Å². The molecule has 0 bridgehead atoms. The molecule has 6 nitrogen and oxygen atoms in total. The largest absolute Gasteiger partial charge is 0.396 e. The lowest BCUT2D eigenvalue weighted by atomic mass is 9.99. The van der Waals surface area contributed by atoms with Crippen molar-refractivity contribution in [1.29, 1.82) is 0 Å². The molecule has 1 aromatic rings. The summed E-state index contributed by atoms with van der Waals surface area (Å²) in [6.45, 7) is 0.383. The van der Waals surface area contributed by atoms with Crippen molar-refractivity contribution < 1.29 is 19.5 Å². The van der Waals surface area contributed by atoms with E-state index in [0.717, 1.165) is 41.5 Å². The molecule has 148 valence electrons. The van der Waals surface area contributed by atoms with Crippen LogP contribution in [0, 0.1) is 0 Å². The van der Waals surface area contributed by atoms with E-state index in [1.54, 1.807) is 17.1 Å². The Balaban J connectivity index is 1.64. The number of aliphatic hydroxyl groups excluding tert-OH is 1. The van der Waals surface area contributed by atoms with Gasteiger partial charge in [-0.2, -0.15) is 0 Å². The number of carbonyl (C=O) groups excluding carboxylic acids is 3. The van der Waals surface area contributed by atoms with Gasteiger partial charge in [-0.05, 0) is 49.1 Å². The molecule has 0 radical (unpaired) electrons. The molecule has 1 unspecified atom stereocenters. The number of hydrogen-bond donors (Lipinski definition) is 1. The van der Waals surface area contributed by atoms with E-state index in [0.29, 0.717) is 17.9 Å². The van der Waals surface area contributed by atoms with Crippen LogP contribution in [0.1, 0.15) is 31.2 Å². The van der Waals surface area contributed by atoms with Gasteiger partial charge in [0.25, 0.3) is 11.1 Å². The number of piperidine rings is 1. The van der Waals surface area contributed by atoms with Gasteiger partial charge >= 0.3 is 0 Å². The first-order valence-electron chi connectivity index (χ1n) is 9.47. The minimum absolute atomic E-state index is 0.0180. The molecule has 7 heteroatoms. The van der Waals surface area contributed by atoms with Crippen LogP contribution in [0.25, 0.3) is 6.08 Å². The fourth-order valence-corrected chi connectivity index (χ4v) is 4.26. The Labute approximate surface area is 168 Å². The van der Waals surface area contributed by atoms with Crippen LogP contribution >= 0.6 is 11.8 Å². The quantitative estimate of drug-likeness (QED) is 0.743. The van der Waals surface area contributed by atoms with Gasteiger partial charge in [0.2, 0.25) is 5.91 Å². The molecular weight excluding hydrogens is 376 g/mol. The van der Waals surface area contributed by atoms with Crippen LogP contribution in [0.15, 0.2) is 47.4 Å². The fraction of sp³-hybridized carbons (Fsp3) is 0.381. The molecule has 0 aliphatic carbocycles. The van der Waals surface area contributed by atoms with E-state index in [1.165, 1.54) is 0 Å². The lowest BCUT2D eigenvalue weighted by Crippen LogP contribution is -2.49. The molecule has 3 rings (SSSR count). The third kappa shape index (κ3) is 4.91. The minimum Gasteiger partial charge on any atom is -0.396 e. The summed E-state index contributed by atoms with van der Waals surface area (Å²) in [7, 11) is 0. The molecule has 1 aromatic carbocycles. The minimum atomic E-state index is -0.434. The second kappa shape index (κ2) is 9.71. The van der Waals surface area contributed by atoms with Crippen molar-refractivity contribution in [2.45, 2.75) is 31.7 Å². The second-order valence-corrected chi connectivity index (χ2v) is 7.80. The first kappa shape index (κ1) is 20.4. The highest BCUT2D eigenvalue weighted by Crippen LogP contribution is 2.31. The van der Waals surface area contributed by atoms with Crippen molar-refractivity contribution in [3.8, 4) is 0 Å². The van der Waals surface area contributed by atoms with Crippen molar-refractivity contribution in [3.63, 3.8) is 0 Å². The van der Waals surface area contributed by atoms with Crippen LogP contribution in [0.2, 0.25) is 0 Å². The van der Waals surface area contributed by atoms with E-state index in [4.69, 9.17) is 0 Å². The van der Waals surface area contributed by atoms with E-state index in [1.807, 2.05) is 36.4 Å². The Bertz CT molecular complexity index is 789. The maximum Gasteiger partial charge on any atom is 0.294 e. The number of rotatable bonds is 6. The standard InChI is InChI=1S/C21H24N2O4S/c24-14-12-17-10-4-5-13-22(17)19(25)15-23-20(26)18(28-21(23)27)11-6-9-16-7-2-1-3-8-16/h1-3,6-9,11,17,24H,4-5,10,12-15H2. The Kier molecular flexibility index (Phi) is 7.06. The summed E-state index contributed by atoms with van der Waals surface area (Å²) in [6, 6.07) is 9.63. The molecule has 2 heterocycles. The van der Waals surface area contributed by atoms with Crippen LogP contribution in [-0.2, 0) is 9.59 Å². The van der Waals surface area contributed by atoms with Gasteiger partial charge in [0.05, 0.1) is 4.91 Å². The highest BCUT2D eigenvalue weighted by atomic mass is 32.2. The monoisotopic (exact) mass is 400 g/mol. The van der Waals surface area contributed by atoms with Crippen molar-refractivity contribution in [3.05, 3.63) is 53.0 Å². The Morgan fingerprint density at radius 1 is 1.21 bits per heavy atom. The summed E-state index contributed by atoms with van der Waals surface area (Å²) in [5, 5.41) is 8.79. The molecule has 1 N–H and O–H groups in total. The van der Waals surface area contributed by atoms with Crippen molar-refractivity contribution in [1.82, 2.24) is 9.80 Å². The topological polar surface area (TPSA) is 77.9 Å². The zero-order chi connectivity index (χ0) is 19.9. The van der Waals surface area contributed by atoms with Gasteiger partial charge in [0, 0.05) is 19.2 Å².